The maximum Gasteiger partial charge on any atom is 0.114 e. The number of rotatable bonds is 6. The monoisotopic (exact) mass is 197 g/mol. The summed E-state index contributed by atoms with van der Waals surface area (Å²) in [5, 5.41) is 53.7. The topological polar surface area (TPSA) is 130 Å². The largest absolute Gasteiger partial charge is 0.394 e. The van der Waals surface area contributed by atoms with Crippen LogP contribution in [0.1, 0.15) is 0 Å². The molecule has 0 aliphatic carbocycles. The molecule has 5 N–H and O–H groups in total. The van der Waals surface area contributed by atoms with Crippen LogP contribution in [0.2, 0.25) is 0 Å². The van der Waals surface area contributed by atoms with Gasteiger partial charge in [0.05, 0.1) is 6.61 Å². The van der Waals surface area contributed by atoms with Gasteiger partial charge in [0.25, 0.3) is 0 Å². The third-order valence-electron chi connectivity index (χ3n) is 1.56. The summed E-state index contributed by atoms with van der Waals surface area (Å²) in [5.41, 5.74) is 0. The zero-order chi connectivity index (χ0) is 10.4. The van der Waals surface area contributed by atoms with Crippen LogP contribution in [-0.2, 0) is 10.1 Å². The molecule has 0 aliphatic rings. The number of hydrogen-bond donors (Lipinski definition) is 5. The molecule has 0 aromatic rings. The summed E-state index contributed by atoms with van der Waals surface area (Å²) < 4.78 is 0. The van der Waals surface area contributed by atoms with Crippen LogP contribution < -0.4 is 0 Å². The van der Waals surface area contributed by atoms with Crippen LogP contribution in [0, 0.1) is 0 Å². The lowest BCUT2D eigenvalue weighted by Gasteiger charge is -2.24. The fraction of sp³-hybridized carbons (Fsp3) is 1.00. The summed E-state index contributed by atoms with van der Waals surface area (Å²) in [4.78, 5) is 3.27. The molecular formula is C6H13O7. The van der Waals surface area contributed by atoms with Crippen molar-refractivity contribution in [3.63, 3.8) is 0 Å². The second-order valence-corrected chi connectivity index (χ2v) is 2.58. The predicted molar refractivity (Wildman–Crippen MR) is 37.8 cm³/mol. The van der Waals surface area contributed by atoms with E-state index >= 15 is 0 Å². The average molecular weight is 197 g/mol. The molecule has 7 nitrogen and oxygen atoms in total. The third-order valence-corrected chi connectivity index (χ3v) is 1.56. The maximum atomic E-state index is 9.54. The molecule has 1 radical (unpaired) electrons. The van der Waals surface area contributed by atoms with Gasteiger partial charge in [-0.05, 0) is 5.26 Å². The van der Waals surface area contributed by atoms with E-state index in [1.165, 1.54) is 0 Å². The molecule has 0 aliphatic heterocycles. The standard InChI is InChI=1S/C6H13O7/c7-1-3(8)5(10)6(11)4(9)2-13-12/h3-11H,1-2H2/t3-,4+,5+,6-/m1/s1. The fourth-order valence-corrected chi connectivity index (χ4v) is 0.732. The van der Waals surface area contributed by atoms with Crippen molar-refractivity contribution in [2.45, 2.75) is 24.4 Å². The molecule has 0 spiro atoms. The van der Waals surface area contributed by atoms with Crippen LogP contribution in [0.3, 0.4) is 0 Å². The van der Waals surface area contributed by atoms with Gasteiger partial charge in [-0.1, -0.05) is 0 Å². The van der Waals surface area contributed by atoms with Gasteiger partial charge in [-0.25, -0.2) is 4.89 Å². The Morgan fingerprint density at radius 1 is 1.00 bits per heavy atom. The Kier molecular flexibility index (Phi) is 6.08. The normalized spacial score (nSPS) is 20.8. The quantitative estimate of drug-likeness (QED) is 0.225. The van der Waals surface area contributed by atoms with Crippen molar-refractivity contribution < 1.29 is 35.7 Å². The molecule has 4 atom stereocenters. The Hall–Kier alpha value is -0.280. The van der Waals surface area contributed by atoms with E-state index < -0.39 is 37.6 Å². The molecule has 0 aromatic carbocycles. The van der Waals surface area contributed by atoms with Gasteiger partial charge in [0.1, 0.15) is 31.0 Å². The summed E-state index contributed by atoms with van der Waals surface area (Å²) in [6.07, 6.45) is -6.64. The summed E-state index contributed by atoms with van der Waals surface area (Å²) in [5.74, 6) is 0. The Bertz CT molecular complexity index is 130. The molecule has 0 amide bonds. The average Bonchev–Trinajstić information content (AvgIpc) is 2.14. The van der Waals surface area contributed by atoms with Gasteiger partial charge in [0, 0.05) is 0 Å². The molecule has 0 aromatic heterocycles. The second-order valence-electron chi connectivity index (χ2n) is 2.58. The van der Waals surface area contributed by atoms with E-state index in [-0.39, 0.29) is 0 Å². The highest BCUT2D eigenvalue weighted by Gasteiger charge is 2.30. The zero-order valence-corrected chi connectivity index (χ0v) is 6.78. The predicted octanol–water partition coefficient (Wildman–Crippen LogP) is -3.22. The van der Waals surface area contributed by atoms with E-state index in [0.29, 0.717) is 0 Å². The van der Waals surface area contributed by atoms with Crippen molar-refractivity contribution in [2.24, 2.45) is 0 Å². The lowest BCUT2D eigenvalue weighted by atomic mass is 10.0. The van der Waals surface area contributed by atoms with Gasteiger partial charge in [-0.15, -0.1) is 0 Å². The smallest absolute Gasteiger partial charge is 0.114 e. The van der Waals surface area contributed by atoms with E-state index in [0.717, 1.165) is 0 Å². The summed E-state index contributed by atoms with van der Waals surface area (Å²) >= 11 is 0. The second kappa shape index (κ2) is 6.22. The van der Waals surface area contributed by atoms with Crippen LogP contribution in [0.25, 0.3) is 0 Å². The van der Waals surface area contributed by atoms with Crippen LogP contribution in [0.4, 0.5) is 0 Å². The van der Waals surface area contributed by atoms with Crippen LogP contribution in [-0.4, -0.2) is 63.2 Å². The van der Waals surface area contributed by atoms with Crippen molar-refractivity contribution in [3.05, 3.63) is 0 Å². The van der Waals surface area contributed by atoms with E-state index in [2.05, 4.69) is 4.89 Å². The lowest BCUT2D eigenvalue weighted by Crippen LogP contribution is -2.47. The van der Waals surface area contributed by atoms with E-state index in [1.807, 2.05) is 0 Å². The lowest BCUT2D eigenvalue weighted by molar-refractivity contribution is -0.320. The number of aliphatic hydroxyl groups is 5. The molecule has 0 bridgehead atoms. The first-order valence-corrected chi connectivity index (χ1v) is 3.62. The molecule has 0 rings (SSSR count). The van der Waals surface area contributed by atoms with Crippen molar-refractivity contribution in [1.82, 2.24) is 0 Å². The molecule has 79 valence electrons. The Morgan fingerprint density at radius 2 is 1.46 bits per heavy atom. The fourth-order valence-electron chi connectivity index (χ4n) is 0.732. The van der Waals surface area contributed by atoms with Crippen LogP contribution in [0.5, 0.6) is 0 Å². The number of hydrogen-bond acceptors (Lipinski definition) is 6. The first-order chi connectivity index (χ1) is 6.04. The minimum absolute atomic E-state index is 0.712. The van der Waals surface area contributed by atoms with Crippen molar-refractivity contribution in [3.8, 4) is 0 Å². The molecule has 0 fully saturated rings. The van der Waals surface area contributed by atoms with Crippen molar-refractivity contribution in [2.75, 3.05) is 13.2 Å². The minimum atomic E-state index is -1.74. The molecule has 13 heavy (non-hydrogen) atoms. The third kappa shape index (κ3) is 3.96. The highest BCUT2D eigenvalue weighted by atomic mass is 17.1. The van der Waals surface area contributed by atoms with Gasteiger partial charge in [-0.2, -0.15) is 0 Å². The summed E-state index contributed by atoms with van der Waals surface area (Å²) in [7, 11) is 0. The molecule has 0 unspecified atom stereocenters. The summed E-state index contributed by atoms with van der Waals surface area (Å²) in [6.45, 7) is -1.47. The van der Waals surface area contributed by atoms with Gasteiger partial charge >= 0.3 is 0 Å². The SMILES string of the molecule is [O]OC[C@H](O)[C@@H](O)[C@@H](O)[C@H](O)CO. The first-order valence-electron chi connectivity index (χ1n) is 3.62. The van der Waals surface area contributed by atoms with E-state index in [9.17, 15) is 5.26 Å². The van der Waals surface area contributed by atoms with Gasteiger partial charge in [0.2, 0.25) is 0 Å². The zero-order valence-electron chi connectivity index (χ0n) is 6.78. The van der Waals surface area contributed by atoms with Gasteiger partial charge < -0.3 is 25.5 Å². The summed E-state index contributed by atoms with van der Waals surface area (Å²) in [6, 6.07) is 0. The number of aliphatic hydroxyl groups excluding tert-OH is 5. The van der Waals surface area contributed by atoms with Crippen molar-refractivity contribution in [1.29, 1.82) is 0 Å². The van der Waals surface area contributed by atoms with Gasteiger partial charge in [0.15, 0.2) is 0 Å². The Morgan fingerprint density at radius 3 is 1.85 bits per heavy atom. The highest BCUT2D eigenvalue weighted by molar-refractivity contribution is 4.79. The Balaban J connectivity index is 3.99. The van der Waals surface area contributed by atoms with Crippen molar-refractivity contribution >= 4 is 0 Å². The molecule has 0 heterocycles. The Labute approximate surface area is 74.4 Å². The maximum absolute atomic E-state index is 9.54. The van der Waals surface area contributed by atoms with E-state index in [4.69, 9.17) is 25.5 Å². The van der Waals surface area contributed by atoms with E-state index in [1.54, 1.807) is 0 Å². The van der Waals surface area contributed by atoms with Crippen LogP contribution in [0.15, 0.2) is 0 Å². The molecule has 7 heteroatoms. The minimum Gasteiger partial charge on any atom is -0.394 e. The van der Waals surface area contributed by atoms with Crippen LogP contribution >= 0.6 is 0 Å². The first kappa shape index (κ1) is 12.7. The molecule has 0 saturated carbocycles. The van der Waals surface area contributed by atoms with Gasteiger partial charge in [-0.3, -0.25) is 0 Å². The highest BCUT2D eigenvalue weighted by Crippen LogP contribution is 2.04. The molecular weight excluding hydrogens is 184 g/mol. The molecule has 0 saturated heterocycles.